The smallest absolute Gasteiger partial charge is 0.189 e. The summed E-state index contributed by atoms with van der Waals surface area (Å²) in [7, 11) is 0. The molecule has 0 amide bonds. The number of carbonyl (C=O) groups is 1. The van der Waals surface area contributed by atoms with E-state index < -0.39 is 0 Å². The van der Waals surface area contributed by atoms with Crippen molar-refractivity contribution in [1.82, 2.24) is 0 Å². The zero-order chi connectivity index (χ0) is 22.1. The summed E-state index contributed by atoms with van der Waals surface area (Å²) in [4.78, 5) is 12.7. The van der Waals surface area contributed by atoms with Crippen molar-refractivity contribution in [3.05, 3.63) is 89.5 Å². The minimum Gasteiger partial charge on any atom is -0.508 e. The number of rotatable bonds is 10. The minimum atomic E-state index is -0.227. The van der Waals surface area contributed by atoms with Crippen LogP contribution in [0.2, 0.25) is 0 Å². The Balaban J connectivity index is 1.77. The van der Waals surface area contributed by atoms with Crippen LogP contribution in [0, 0.1) is 0 Å². The topological polar surface area (TPSA) is 65.0 Å². The zero-order valence-corrected chi connectivity index (χ0v) is 17.7. The fraction of sp³-hybridized carbons (Fsp3) is 0.192. The Morgan fingerprint density at radius 1 is 0.871 bits per heavy atom. The highest BCUT2D eigenvalue weighted by Crippen LogP contribution is 2.28. The van der Waals surface area contributed by atoms with E-state index in [9.17, 15) is 9.90 Å². The molecule has 0 saturated carbocycles. The Morgan fingerprint density at radius 2 is 1.61 bits per heavy atom. The highest BCUT2D eigenvalue weighted by Gasteiger charge is 2.12. The molecule has 0 aliphatic rings. The molecule has 0 bridgehead atoms. The van der Waals surface area contributed by atoms with Crippen LogP contribution in [-0.2, 0) is 6.61 Å². The lowest BCUT2D eigenvalue weighted by molar-refractivity contribution is 0.104. The quantitative estimate of drug-likeness (QED) is 0.340. The first-order chi connectivity index (χ1) is 15.1. The van der Waals surface area contributed by atoms with Crippen molar-refractivity contribution in [2.24, 2.45) is 0 Å². The monoisotopic (exact) mass is 418 g/mol. The number of hydrogen-bond donors (Lipinski definition) is 1. The molecule has 0 radical (unpaired) electrons. The summed E-state index contributed by atoms with van der Waals surface area (Å²) in [6, 6.07) is 19.9. The summed E-state index contributed by atoms with van der Waals surface area (Å²) in [5, 5.41) is 9.65. The highest BCUT2D eigenvalue weighted by atomic mass is 16.5. The van der Waals surface area contributed by atoms with Crippen LogP contribution in [0.1, 0.15) is 35.3 Å². The summed E-state index contributed by atoms with van der Waals surface area (Å²) < 4.78 is 17.1. The minimum absolute atomic E-state index is 0.0497. The van der Waals surface area contributed by atoms with Crippen molar-refractivity contribution in [1.29, 1.82) is 0 Å². The number of phenolic OH excluding ortho intramolecular Hbond substituents is 1. The second-order valence-corrected chi connectivity index (χ2v) is 6.72. The van der Waals surface area contributed by atoms with Gasteiger partial charge in [0.05, 0.1) is 18.8 Å². The summed E-state index contributed by atoms with van der Waals surface area (Å²) >= 11 is 0. The van der Waals surface area contributed by atoms with Gasteiger partial charge in [-0.05, 0) is 55.8 Å². The molecule has 3 aromatic carbocycles. The van der Waals surface area contributed by atoms with Crippen molar-refractivity contribution >= 4 is 11.9 Å². The largest absolute Gasteiger partial charge is 0.508 e. The molecule has 3 rings (SSSR count). The predicted octanol–water partition coefficient (Wildman–Crippen LogP) is 5.66. The van der Waals surface area contributed by atoms with Gasteiger partial charge in [-0.25, -0.2) is 0 Å². The van der Waals surface area contributed by atoms with Crippen LogP contribution in [0.25, 0.3) is 6.08 Å². The zero-order valence-electron chi connectivity index (χ0n) is 17.7. The van der Waals surface area contributed by atoms with Crippen molar-refractivity contribution in [2.75, 3.05) is 13.2 Å². The lowest BCUT2D eigenvalue weighted by Crippen LogP contribution is -2.01. The molecule has 160 valence electrons. The van der Waals surface area contributed by atoms with Crippen LogP contribution in [0.5, 0.6) is 23.0 Å². The summed E-state index contributed by atoms with van der Waals surface area (Å²) in [5.41, 5.74) is 2.23. The molecule has 0 atom stereocenters. The number of phenols is 1. The number of benzene rings is 3. The molecule has 0 aliphatic carbocycles. The van der Waals surface area contributed by atoms with E-state index in [4.69, 9.17) is 14.2 Å². The van der Waals surface area contributed by atoms with Crippen molar-refractivity contribution in [2.45, 2.75) is 20.5 Å². The lowest BCUT2D eigenvalue weighted by Gasteiger charge is -2.12. The first kappa shape index (κ1) is 22.0. The van der Waals surface area contributed by atoms with E-state index in [1.165, 1.54) is 18.2 Å². The molecule has 0 aromatic heterocycles. The van der Waals surface area contributed by atoms with E-state index in [0.29, 0.717) is 42.6 Å². The molecule has 5 nitrogen and oxygen atoms in total. The van der Waals surface area contributed by atoms with E-state index in [-0.39, 0.29) is 11.5 Å². The number of ether oxygens (including phenoxy) is 3. The van der Waals surface area contributed by atoms with Gasteiger partial charge >= 0.3 is 0 Å². The lowest BCUT2D eigenvalue weighted by atomic mass is 10.1. The number of allylic oxidation sites excluding steroid dienone is 1. The SMILES string of the molecule is CCOc1cc(OCc2ccccc2)ccc1C=CC(=O)c1ccc(O)cc1OCC. The van der Waals surface area contributed by atoms with E-state index in [1.807, 2.05) is 62.4 Å². The van der Waals surface area contributed by atoms with Gasteiger partial charge in [0.15, 0.2) is 5.78 Å². The first-order valence-corrected chi connectivity index (χ1v) is 10.2. The number of aromatic hydroxyl groups is 1. The number of ketones is 1. The van der Waals surface area contributed by atoms with Gasteiger partial charge in [-0.3, -0.25) is 4.79 Å². The molecular weight excluding hydrogens is 392 g/mol. The van der Waals surface area contributed by atoms with Gasteiger partial charge < -0.3 is 19.3 Å². The number of hydrogen-bond acceptors (Lipinski definition) is 5. The Kier molecular flexibility index (Phi) is 7.71. The van der Waals surface area contributed by atoms with Gasteiger partial charge in [0.2, 0.25) is 0 Å². The maximum absolute atomic E-state index is 12.7. The van der Waals surface area contributed by atoms with Gasteiger partial charge in [0.1, 0.15) is 29.6 Å². The molecule has 0 heterocycles. The van der Waals surface area contributed by atoms with Crippen molar-refractivity contribution < 1.29 is 24.1 Å². The molecule has 0 fully saturated rings. The Hall–Kier alpha value is -3.73. The molecule has 1 N–H and O–H groups in total. The maximum Gasteiger partial charge on any atom is 0.189 e. The van der Waals surface area contributed by atoms with Crippen molar-refractivity contribution in [3.8, 4) is 23.0 Å². The normalized spacial score (nSPS) is 10.8. The van der Waals surface area contributed by atoms with E-state index >= 15 is 0 Å². The molecule has 3 aromatic rings. The van der Waals surface area contributed by atoms with Crippen molar-refractivity contribution in [3.63, 3.8) is 0 Å². The number of carbonyl (C=O) groups excluding carboxylic acids is 1. The highest BCUT2D eigenvalue weighted by molar-refractivity contribution is 6.08. The first-order valence-electron chi connectivity index (χ1n) is 10.2. The van der Waals surface area contributed by atoms with Crippen LogP contribution < -0.4 is 14.2 Å². The summed E-state index contributed by atoms with van der Waals surface area (Å²) in [5.74, 6) is 1.50. The third-order valence-electron chi connectivity index (χ3n) is 4.48. The second-order valence-electron chi connectivity index (χ2n) is 6.72. The van der Waals surface area contributed by atoms with Crippen LogP contribution in [0.3, 0.4) is 0 Å². The standard InChI is InChI=1S/C26H26O5/c1-3-29-25-17-22(31-18-19-8-6-5-7-9-19)13-10-20(25)11-15-24(28)23-14-12-21(27)16-26(23)30-4-2/h5-17,27H,3-4,18H2,1-2H3. The van der Waals surface area contributed by atoms with Crippen LogP contribution in [0.4, 0.5) is 0 Å². The molecule has 0 spiro atoms. The third kappa shape index (κ3) is 6.12. The Bertz CT molecular complexity index is 1040. The fourth-order valence-corrected chi connectivity index (χ4v) is 3.01. The van der Waals surface area contributed by atoms with Gasteiger partial charge in [-0.2, -0.15) is 0 Å². The van der Waals surface area contributed by atoms with E-state index in [1.54, 1.807) is 12.1 Å². The van der Waals surface area contributed by atoms with E-state index in [0.717, 1.165) is 11.1 Å². The van der Waals surface area contributed by atoms with Gasteiger partial charge in [-0.1, -0.05) is 30.3 Å². The molecule has 0 aliphatic heterocycles. The summed E-state index contributed by atoms with van der Waals surface area (Å²) in [6.07, 6.45) is 3.17. The van der Waals surface area contributed by atoms with Gasteiger partial charge in [0, 0.05) is 17.7 Å². The van der Waals surface area contributed by atoms with Crippen LogP contribution in [0.15, 0.2) is 72.8 Å². The molecule has 31 heavy (non-hydrogen) atoms. The average molecular weight is 418 g/mol. The second kappa shape index (κ2) is 10.9. The third-order valence-corrected chi connectivity index (χ3v) is 4.48. The maximum atomic E-state index is 12.7. The molecular formula is C26H26O5. The Labute approximate surface area is 182 Å². The molecule has 0 unspecified atom stereocenters. The van der Waals surface area contributed by atoms with Crippen LogP contribution >= 0.6 is 0 Å². The summed E-state index contributed by atoms with van der Waals surface area (Å²) in [6.45, 7) is 5.07. The van der Waals surface area contributed by atoms with Crippen LogP contribution in [-0.4, -0.2) is 24.1 Å². The molecule has 5 heteroatoms. The predicted molar refractivity (Wildman–Crippen MR) is 121 cm³/mol. The Morgan fingerprint density at radius 3 is 2.35 bits per heavy atom. The van der Waals surface area contributed by atoms with Gasteiger partial charge in [0.25, 0.3) is 0 Å². The molecule has 0 saturated heterocycles. The van der Waals surface area contributed by atoms with E-state index in [2.05, 4.69) is 0 Å². The van der Waals surface area contributed by atoms with Gasteiger partial charge in [-0.15, -0.1) is 0 Å². The fourth-order valence-electron chi connectivity index (χ4n) is 3.01. The average Bonchev–Trinajstić information content (AvgIpc) is 2.78.